The number of hydrogen-bond donors (Lipinski definition) is 0. The Hall–Kier alpha value is -1.06. The molecule has 1 aromatic carbocycles. The predicted molar refractivity (Wildman–Crippen MR) is 78.5 cm³/mol. The predicted octanol–water partition coefficient (Wildman–Crippen LogP) is 3.12. The van der Waals surface area contributed by atoms with Crippen molar-refractivity contribution in [1.82, 2.24) is 4.90 Å². The highest BCUT2D eigenvalue weighted by atomic mass is 35.5. The normalized spacial score (nSPS) is 21.8. The van der Waals surface area contributed by atoms with Gasteiger partial charge in [0, 0.05) is 31.1 Å². The summed E-state index contributed by atoms with van der Waals surface area (Å²) in [7, 11) is 1.66. The Morgan fingerprint density at radius 2 is 2.20 bits per heavy atom. The third-order valence-electron chi connectivity index (χ3n) is 4.58. The molecule has 2 fully saturated rings. The molecule has 0 saturated heterocycles. The summed E-state index contributed by atoms with van der Waals surface area (Å²) < 4.78 is 5.13. The highest BCUT2D eigenvalue weighted by Gasteiger charge is 2.66. The Labute approximate surface area is 124 Å². The number of benzene rings is 1. The molecule has 108 valence electrons. The van der Waals surface area contributed by atoms with Gasteiger partial charge in [0.1, 0.15) is 0 Å². The van der Waals surface area contributed by atoms with Gasteiger partial charge in [0.15, 0.2) is 0 Å². The van der Waals surface area contributed by atoms with E-state index in [1.54, 1.807) is 7.11 Å². The van der Waals surface area contributed by atoms with E-state index in [2.05, 4.69) is 0 Å². The molecule has 0 aliphatic heterocycles. The molecule has 0 bridgehead atoms. The van der Waals surface area contributed by atoms with E-state index in [1.165, 1.54) is 12.8 Å². The summed E-state index contributed by atoms with van der Waals surface area (Å²) >= 11 is 6.20. The van der Waals surface area contributed by atoms with Crippen LogP contribution in [-0.4, -0.2) is 31.1 Å². The second-order valence-electron chi connectivity index (χ2n) is 5.96. The van der Waals surface area contributed by atoms with E-state index in [-0.39, 0.29) is 11.8 Å². The largest absolute Gasteiger partial charge is 0.383 e. The molecule has 1 atom stereocenters. The Bertz CT molecular complexity index is 513. The Kier molecular flexibility index (Phi) is 3.74. The SMILES string of the molecule is COCCN(Cc1ccccc1Cl)C(=O)[C@H]1CC12CC2. The summed E-state index contributed by atoms with van der Waals surface area (Å²) in [6, 6.07) is 7.72. The maximum atomic E-state index is 12.6. The average Bonchev–Trinajstić information content (AvgIpc) is 3.36. The van der Waals surface area contributed by atoms with E-state index in [9.17, 15) is 4.79 Å². The smallest absolute Gasteiger partial charge is 0.226 e. The third kappa shape index (κ3) is 2.70. The Balaban J connectivity index is 1.69. The van der Waals surface area contributed by atoms with Crippen molar-refractivity contribution in [2.24, 2.45) is 11.3 Å². The van der Waals surface area contributed by atoms with Crippen molar-refractivity contribution in [2.45, 2.75) is 25.8 Å². The summed E-state index contributed by atoms with van der Waals surface area (Å²) in [4.78, 5) is 14.5. The first kappa shape index (κ1) is 13.9. The first-order chi connectivity index (χ1) is 9.66. The molecular formula is C16H20ClNO2. The molecule has 0 unspecified atom stereocenters. The van der Waals surface area contributed by atoms with Crippen LogP contribution in [0.25, 0.3) is 0 Å². The molecule has 3 nitrogen and oxygen atoms in total. The zero-order valence-corrected chi connectivity index (χ0v) is 12.5. The average molecular weight is 294 g/mol. The number of amides is 1. The van der Waals surface area contributed by atoms with Crippen LogP contribution in [0.5, 0.6) is 0 Å². The fourth-order valence-corrected chi connectivity index (χ4v) is 3.13. The van der Waals surface area contributed by atoms with Gasteiger partial charge in [0.05, 0.1) is 6.61 Å². The minimum Gasteiger partial charge on any atom is -0.383 e. The van der Waals surface area contributed by atoms with Crippen LogP contribution < -0.4 is 0 Å². The third-order valence-corrected chi connectivity index (χ3v) is 4.94. The minimum absolute atomic E-state index is 0.252. The van der Waals surface area contributed by atoms with E-state index in [0.29, 0.717) is 25.1 Å². The Morgan fingerprint density at radius 3 is 2.80 bits per heavy atom. The van der Waals surface area contributed by atoms with Crippen molar-refractivity contribution >= 4 is 17.5 Å². The molecular weight excluding hydrogens is 274 g/mol. The number of nitrogens with zero attached hydrogens (tertiary/aromatic N) is 1. The van der Waals surface area contributed by atoms with Gasteiger partial charge in [-0.1, -0.05) is 29.8 Å². The first-order valence-corrected chi connectivity index (χ1v) is 7.55. The molecule has 0 heterocycles. The van der Waals surface area contributed by atoms with Crippen LogP contribution in [0.1, 0.15) is 24.8 Å². The fraction of sp³-hybridized carbons (Fsp3) is 0.562. The van der Waals surface area contributed by atoms with E-state index in [0.717, 1.165) is 17.0 Å². The zero-order valence-electron chi connectivity index (χ0n) is 11.8. The molecule has 20 heavy (non-hydrogen) atoms. The van der Waals surface area contributed by atoms with Crippen LogP contribution in [-0.2, 0) is 16.1 Å². The van der Waals surface area contributed by atoms with Crippen molar-refractivity contribution in [3.05, 3.63) is 34.9 Å². The number of carbonyl (C=O) groups excluding carboxylic acids is 1. The number of halogens is 1. The maximum Gasteiger partial charge on any atom is 0.226 e. The Morgan fingerprint density at radius 1 is 1.45 bits per heavy atom. The van der Waals surface area contributed by atoms with Gasteiger partial charge >= 0.3 is 0 Å². The summed E-state index contributed by atoms with van der Waals surface area (Å²) in [6.07, 6.45) is 3.54. The van der Waals surface area contributed by atoms with Crippen LogP contribution in [0.15, 0.2) is 24.3 Å². The summed E-state index contributed by atoms with van der Waals surface area (Å²) in [5.41, 5.74) is 1.40. The molecule has 0 radical (unpaired) electrons. The van der Waals surface area contributed by atoms with E-state index >= 15 is 0 Å². The first-order valence-electron chi connectivity index (χ1n) is 7.17. The van der Waals surface area contributed by atoms with Gasteiger partial charge in [-0.3, -0.25) is 4.79 Å². The minimum atomic E-state index is 0.252. The maximum absolute atomic E-state index is 12.6. The molecule has 0 N–H and O–H groups in total. The zero-order chi connectivity index (χ0) is 14.2. The van der Waals surface area contributed by atoms with Gasteiger partial charge < -0.3 is 9.64 Å². The van der Waals surface area contributed by atoms with Gasteiger partial charge in [-0.05, 0) is 36.3 Å². The van der Waals surface area contributed by atoms with Crippen molar-refractivity contribution in [1.29, 1.82) is 0 Å². The van der Waals surface area contributed by atoms with Crippen molar-refractivity contribution in [3.63, 3.8) is 0 Å². The highest BCUT2D eigenvalue weighted by Crippen LogP contribution is 2.71. The molecule has 2 aliphatic carbocycles. The lowest BCUT2D eigenvalue weighted by Crippen LogP contribution is -2.35. The molecule has 1 amide bonds. The molecule has 2 saturated carbocycles. The van der Waals surface area contributed by atoms with Crippen LogP contribution in [0.2, 0.25) is 5.02 Å². The number of hydrogen-bond acceptors (Lipinski definition) is 2. The highest BCUT2D eigenvalue weighted by molar-refractivity contribution is 6.31. The summed E-state index contributed by atoms with van der Waals surface area (Å²) in [5.74, 6) is 0.529. The van der Waals surface area contributed by atoms with Crippen molar-refractivity contribution in [2.75, 3.05) is 20.3 Å². The monoisotopic (exact) mass is 293 g/mol. The van der Waals surface area contributed by atoms with Gasteiger partial charge in [-0.2, -0.15) is 0 Å². The van der Waals surface area contributed by atoms with Gasteiger partial charge in [0.25, 0.3) is 0 Å². The molecule has 1 aromatic rings. The standard InChI is InChI=1S/C16H20ClNO2/c1-20-9-8-18(11-12-4-2-3-5-14(12)17)15(19)13-10-16(13)6-7-16/h2-5,13H,6-11H2,1H3/t13-/m1/s1. The number of carbonyl (C=O) groups is 1. The number of methoxy groups -OCH3 is 1. The summed E-state index contributed by atoms with van der Waals surface area (Å²) in [6.45, 7) is 1.78. The molecule has 3 rings (SSSR count). The fourth-order valence-electron chi connectivity index (χ4n) is 2.93. The van der Waals surface area contributed by atoms with Gasteiger partial charge in [0.2, 0.25) is 5.91 Å². The van der Waals surface area contributed by atoms with E-state index in [4.69, 9.17) is 16.3 Å². The number of ether oxygens (including phenoxy) is 1. The van der Waals surface area contributed by atoms with Gasteiger partial charge in [-0.25, -0.2) is 0 Å². The summed E-state index contributed by atoms with van der Waals surface area (Å²) in [5, 5.41) is 0.722. The van der Waals surface area contributed by atoms with Crippen LogP contribution in [0.4, 0.5) is 0 Å². The second kappa shape index (κ2) is 5.38. The van der Waals surface area contributed by atoms with Gasteiger partial charge in [-0.15, -0.1) is 0 Å². The lowest BCUT2D eigenvalue weighted by Gasteiger charge is -2.23. The van der Waals surface area contributed by atoms with E-state index < -0.39 is 0 Å². The molecule has 1 spiro atoms. The van der Waals surface area contributed by atoms with E-state index in [1.807, 2.05) is 29.2 Å². The molecule has 2 aliphatic rings. The topological polar surface area (TPSA) is 29.5 Å². The molecule has 0 aromatic heterocycles. The lowest BCUT2D eigenvalue weighted by molar-refractivity contribution is -0.134. The number of rotatable bonds is 6. The van der Waals surface area contributed by atoms with Crippen LogP contribution in [0.3, 0.4) is 0 Å². The lowest BCUT2D eigenvalue weighted by atomic mass is 10.2. The molecule has 4 heteroatoms. The quantitative estimate of drug-likeness (QED) is 0.806. The van der Waals surface area contributed by atoms with Crippen molar-refractivity contribution < 1.29 is 9.53 Å². The van der Waals surface area contributed by atoms with Crippen LogP contribution in [0, 0.1) is 11.3 Å². The van der Waals surface area contributed by atoms with Crippen molar-refractivity contribution in [3.8, 4) is 0 Å². The second-order valence-corrected chi connectivity index (χ2v) is 6.37. The van der Waals surface area contributed by atoms with Crippen LogP contribution >= 0.6 is 11.6 Å².